The van der Waals surface area contributed by atoms with Crippen LogP contribution < -0.4 is 5.32 Å². The standard InChI is InChI=1S/C19H27N3O2S/c1-10(16-8-14-5-6-15(16)7-14)21-17(24)9-25-19-18(12(3)23)11(2)20-13(4)22-19/h10,14-16H,5-9H2,1-4H3,(H,21,24). The van der Waals surface area contributed by atoms with Crippen LogP contribution in [0.15, 0.2) is 5.03 Å². The molecule has 0 spiro atoms. The van der Waals surface area contributed by atoms with Gasteiger partial charge in [0, 0.05) is 6.04 Å². The van der Waals surface area contributed by atoms with Crippen molar-refractivity contribution in [2.75, 3.05) is 5.75 Å². The molecule has 25 heavy (non-hydrogen) atoms. The molecule has 0 radical (unpaired) electrons. The number of ketones is 1. The van der Waals surface area contributed by atoms with Crippen LogP contribution in [0.1, 0.15) is 61.4 Å². The molecule has 1 amide bonds. The number of nitrogens with zero attached hydrogens (tertiary/aromatic N) is 2. The molecule has 1 aromatic rings. The highest BCUT2D eigenvalue weighted by Gasteiger charge is 2.42. The third-order valence-electron chi connectivity index (χ3n) is 5.68. The summed E-state index contributed by atoms with van der Waals surface area (Å²) >= 11 is 1.33. The minimum atomic E-state index is -0.0595. The summed E-state index contributed by atoms with van der Waals surface area (Å²) in [7, 11) is 0. The zero-order chi connectivity index (χ0) is 18.1. The highest BCUT2D eigenvalue weighted by atomic mass is 32.2. The lowest BCUT2D eigenvalue weighted by atomic mass is 9.84. The monoisotopic (exact) mass is 361 g/mol. The number of carbonyl (C=O) groups is 2. The van der Waals surface area contributed by atoms with Gasteiger partial charge in [0.1, 0.15) is 10.9 Å². The molecule has 1 aromatic heterocycles. The first kappa shape index (κ1) is 18.4. The van der Waals surface area contributed by atoms with E-state index in [1.807, 2.05) is 6.92 Å². The van der Waals surface area contributed by atoms with Crippen molar-refractivity contribution >= 4 is 23.5 Å². The quantitative estimate of drug-likeness (QED) is 0.478. The second-order valence-electron chi connectivity index (χ2n) is 7.58. The number of hydrogen-bond donors (Lipinski definition) is 1. The maximum atomic E-state index is 12.4. The van der Waals surface area contributed by atoms with E-state index in [4.69, 9.17) is 0 Å². The van der Waals surface area contributed by atoms with Crippen molar-refractivity contribution < 1.29 is 9.59 Å². The molecule has 0 aliphatic heterocycles. The fraction of sp³-hybridized carbons (Fsp3) is 0.684. The van der Waals surface area contributed by atoms with Gasteiger partial charge in [-0.2, -0.15) is 0 Å². The predicted octanol–water partition coefficient (Wildman–Crippen LogP) is 3.33. The van der Waals surface area contributed by atoms with Gasteiger partial charge in [0.2, 0.25) is 5.91 Å². The van der Waals surface area contributed by atoms with E-state index < -0.39 is 0 Å². The molecule has 1 N–H and O–H groups in total. The van der Waals surface area contributed by atoms with Crippen LogP contribution in [0, 0.1) is 31.6 Å². The molecule has 2 aliphatic carbocycles. The largest absolute Gasteiger partial charge is 0.353 e. The molecule has 3 rings (SSSR count). The molecular formula is C19H27N3O2S. The lowest BCUT2D eigenvalue weighted by Crippen LogP contribution is -2.40. The number of hydrogen-bond acceptors (Lipinski definition) is 5. The van der Waals surface area contributed by atoms with E-state index in [2.05, 4.69) is 22.2 Å². The normalized spacial score (nSPS) is 25.8. The molecule has 2 fully saturated rings. The Balaban J connectivity index is 1.58. The third kappa shape index (κ3) is 4.05. The van der Waals surface area contributed by atoms with Crippen molar-refractivity contribution in [2.45, 2.75) is 64.4 Å². The summed E-state index contributed by atoms with van der Waals surface area (Å²) in [5, 5.41) is 3.78. The SMILES string of the molecule is CC(=O)c1c(C)nc(C)nc1SCC(=O)NC(C)C1CC2CCC1C2. The molecule has 4 unspecified atom stereocenters. The number of fused-ring (bicyclic) bond motifs is 2. The first-order chi connectivity index (χ1) is 11.8. The molecule has 2 saturated carbocycles. The summed E-state index contributed by atoms with van der Waals surface area (Å²) in [6.07, 6.45) is 5.31. The van der Waals surface area contributed by atoms with E-state index in [1.165, 1.54) is 44.4 Å². The molecule has 0 aromatic carbocycles. The lowest BCUT2D eigenvalue weighted by Gasteiger charge is -2.28. The van der Waals surface area contributed by atoms with Gasteiger partial charge >= 0.3 is 0 Å². The predicted molar refractivity (Wildman–Crippen MR) is 98.8 cm³/mol. The summed E-state index contributed by atoms with van der Waals surface area (Å²) in [4.78, 5) is 32.9. The highest BCUT2D eigenvalue weighted by Crippen LogP contribution is 2.49. The second-order valence-corrected chi connectivity index (χ2v) is 8.54. The maximum absolute atomic E-state index is 12.4. The van der Waals surface area contributed by atoms with E-state index in [9.17, 15) is 9.59 Å². The molecule has 2 aliphatic rings. The summed E-state index contributed by atoms with van der Waals surface area (Å²) in [6, 6.07) is 0.226. The number of carbonyl (C=O) groups excluding carboxylic acids is 2. The summed E-state index contributed by atoms with van der Waals surface area (Å²) < 4.78 is 0. The fourth-order valence-corrected chi connectivity index (χ4v) is 5.62. The van der Waals surface area contributed by atoms with E-state index in [1.54, 1.807) is 6.92 Å². The van der Waals surface area contributed by atoms with E-state index in [0.29, 0.717) is 28.0 Å². The molecule has 2 bridgehead atoms. The molecular weight excluding hydrogens is 334 g/mol. The topological polar surface area (TPSA) is 72.0 Å². The van der Waals surface area contributed by atoms with Crippen molar-refractivity contribution in [1.29, 1.82) is 0 Å². The average Bonchev–Trinajstić information content (AvgIpc) is 3.14. The van der Waals surface area contributed by atoms with Crippen molar-refractivity contribution in [2.24, 2.45) is 17.8 Å². The molecule has 5 nitrogen and oxygen atoms in total. The summed E-state index contributed by atoms with van der Waals surface area (Å²) in [5.74, 6) is 3.17. The average molecular weight is 362 g/mol. The van der Waals surface area contributed by atoms with Crippen molar-refractivity contribution in [3.05, 3.63) is 17.1 Å². The molecule has 4 atom stereocenters. The van der Waals surface area contributed by atoms with Crippen molar-refractivity contribution in [3.63, 3.8) is 0 Å². The van der Waals surface area contributed by atoms with Gasteiger partial charge < -0.3 is 5.32 Å². The van der Waals surface area contributed by atoms with Crippen molar-refractivity contribution in [1.82, 2.24) is 15.3 Å². The van der Waals surface area contributed by atoms with E-state index >= 15 is 0 Å². The van der Waals surface area contributed by atoms with Crippen LogP contribution in [-0.2, 0) is 4.79 Å². The number of aromatic nitrogens is 2. The van der Waals surface area contributed by atoms with Crippen LogP contribution in [0.3, 0.4) is 0 Å². The zero-order valence-corrected chi connectivity index (χ0v) is 16.3. The smallest absolute Gasteiger partial charge is 0.230 e. The van der Waals surface area contributed by atoms with Gasteiger partial charge in [0.05, 0.1) is 17.0 Å². The highest BCUT2D eigenvalue weighted by molar-refractivity contribution is 8.00. The van der Waals surface area contributed by atoms with Gasteiger partial charge in [0.25, 0.3) is 0 Å². The van der Waals surface area contributed by atoms with Gasteiger partial charge in [0.15, 0.2) is 5.78 Å². The van der Waals surface area contributed by atoms with Crippen LogP contribution in [0.4, 0.5) is 0 Å². The number of rotatable bonds is 6. The van der Waals surface area contributed by atoms with Gasteiger partial charge in [-0.25, -0.2) is 9.97 Å². The number of nitrogens with one attached hydrogen (secondary N) is 1. The minimum absolute atomic E-state index is 0.0173. The number of aryl methyl sites for hydroxylation is 2. The first-order valence-corrected chi connectivity index (χ1v) is 10.1. The van der Waals surface area contributed by atoms with Crippen LogP contribution in [-0.4, -0.2) is 33.5 Å². The number of Topliss-reactive ketones (excluding diaryl/α,β-unsaturated/α-hetero) is 1. The first-order valence-electron chi connectivity index (χ1n) is 9.13. The van der Waals surface area contributed by atoms with Crippen LogP contribution in [0.2, 0.25) is 0 Å². The third-order valence-corrected chi connectivity index (χ3v) is 6.66. The van der Waals surface area contributed by atoms with Crippen LogP contribution in [0.5, 0.6) is 0 Å². The molecule has 1 heterocycles. The number of amides is 1. The maximum Gasteiger partial charge on any atom is 0.230 e. The Morgan fingerprint density at radius 1 is 1.24 bits per heavy atom. The fourth-order valence-electron chi connectivity index (χ4n) is 4.63. The molecule has 6 heteroatoms. The van der Waals surface area contributed by atoms with Gasteiger partial charge in [-0.3, -0.25) is 9.59 Å². The Bertz CT molecular complexity index is 691. The Morgan fingerprint density at radius 3 is 2.60 bits per heavy atom. The molecule has 136 valence electrons. The lowest BCUT2D eigenvalue weighted by molar-refractivity contribution is -0.119. The van der Waals surface area contributed by atoms with Crippen LogP contribution in [0.25, 0.3) is 0 Å². The zero-order valence-electron chi connectivity index (χ0n) is 15.5. The van der Waals surface area contributed by atoms with E-state index in [0.717, 1.165) is 11.8 Å². The van der Waals surface area contributed by atoms with Gasteiger partial charge in [-0.1, -0.05) is 18.2 Å². The minimum Gasteiger partial charge on any atom is -0.353 e. The Hall–Kier alpha value is -1.43. The Labute approximate surface area is 153 Å². The molecule has 0 saturated heterocycles. The van der Waals surface area contributed by atoms with Gasteiger partial charge in [-0.05, 0) is 64.7 Å². The Kier molecular flexibility index (Phi) is 5.46. The van der Waals surface area contributed by atoms with Gasteiger partial charge in [-0.15, -0.1) is 0 Å². The number of thioether (sulfide) groups is 1. The summed E-state index contributed by atoms with van der Waals surface area (Å²) in [6.45, 7) is 7.27. The second kappa shape index (κ2) is 7.44. The van der Waals surface area contributed by atoms with Crippen molar-refractivity contribution in [3.8, 4) is 0 Å². The Morgan fingerprint density at radius 2 is 2.00 bits per heavy atom. The van der Waals surface area contributed by atoms with E-state index in [-0.39, 0.29) is 23.5 Å². The summed E-state index contributed by atoms with van der Waals surface area (Å²) in [5.41, 5.74) is 1.21. The van der Waals surface area contributed by atoms with Crippen LogP contribution >= 0.6 is 11.8 Å².